The third-order valence-corrected chi connectivity index (χ3v) is 8.28. The number of nitrogens with zero attached hydrogens (tertiary/aromatic N) is 4. The first kappa shape index (κ1) is 24.3. The maximum Gasteiger partial charge on any atom is 0.420 e. The first-order valence-corrected chi connectivity index (χ1v) is 12.8. The molecule has 2 aromatic heterocycles. The Morgan fingerprint density at radius 3 is 2.39 bits per heavy atom. The van der Waals surface area contributed by atoms with Gasteiger partial charge in [-0.25, -0.2) is 18.4 Å². The summed E-state index contributed by atoms with van der Waals surface area (Å²) in [6, 6.07) is 16.1. The number of hydrogen-bond acceptors (Lipinski definition) is 5. The van der Waals surface area contributed by atoms with Crippen LogP contribution in [0, 0.1) is 0 Å². The number of hydrogen-bond donors (Lipinski definition) is 0. The summed E-state index contributed by atoms with van der Waals surface area (Å²) in [6.45, 7) is 0.308. The molecule has 1 fully saturated rings. The highest BCUT2D eigenvalue weighted by atomic mass is 32.2. The van der Waals surface area contributed by atoms with Crippen molar-refractivity contribution in [1.82, 2.24) is 18.8 Å². The molecular formula is C25H23F3N4O3S. The van der Waals surface area contributed by atoms with Gasteiger partial charge in [0.15, 0.2) is 5.65 Å². The van der Waals surface area contributed by atoms with Crippen LogP contribution in [0.1, 0.15) is 24.4 Å². The van der Waals surface area contributed by atoms with Crippen molar-refractivity contribution >= 4 is 21.2 Å². The van der Waals surface area contributed by atoms with Crippen molar-refractivity contribution in [1.29, 1.82) is 0 Å². The van der Waals surface area contributed by atoms with Gasteiger partial charge in [-0.15, -0.1) is 0 Å². The smallest absolute Gasteiger partial charge is 0.420 e. The van der Waals surface area contributed by atoms with E-state index in [1.807, 2.05) is 47.0 Å². The molecule has 1 saturated heterocycles. The van der Waals surface area contributed by atoms with Gasteiger partial charge in [0.1, 0.15) is 17.1 Å². The van der Waals surface area contributed by atoms with E-state index in [-0.39, 0.29) is 19.1 Å². The summed E-state index contributed by atoms with van der Waals surface area (Å²) >= 11 is 0. The Bertz CT molecular complexity index is 1500. The quantitative estimate of drug-likeness (QED) is 0.367. The van der Waals surface area contributed by atoms with Gasteiger partial charge in [-0.05, 0) is 43.2 Å². The number of benzene rings is 2. The number of piperidine rings is 1. The van der Waals surface area contributed by atoms with Crippen LogP contribution in [0.3, 0.4) is 0 Å². The number of fused-ring (bicyclic) bond motifs is 1. The number of pyridine rings is 1. The third kappa shape index (κ3) is 4.33. The molecule has 188 valence electrons. The molecule has 5 rings (SSSR count). The summed E-state index contributed by atoms with van der Waals surface area (Å²) in [5, 5.41) is 0. The average Bonchev–Trinajstić information content (AvgIpc) is 3.28. The standard InChI is InChI=1S/C25H23F3N4O3S/c1-35-22-10-9-19(16-20(22)25(26,27)28)36(33,34)31-14-11-18(12-15-31)32-23(17-6-3-2-4-7-17)30-21-8-5-13-29-24(21)32/h2-10,13,16,18H,11-12,14-15H2,1H3. The molecule has 3 heterocycles. The Morgan fingerprint density at radius 2 is 1.72 bits per heavy atom. The molecule has 1 aliphatic heterocycles. The largest absolute Gasteiger partial charge is 0.496 e. The van der Waals surface area contributed by atoms with Crippen LogP contribution in [-0.2, 0) is 16.2 Å². The minimum absolute atomic E-state index is 0.0758. The lowest BCUT2D eigenvalue weighted by molar-refractivity contribution is -0.138. The van der Waals surface area contributed by atoms with Crippen molar-refractivity contribution in [2.45, 2.75) is 30.0 Å². The molecule has 0 aliphatic carbocycles. The number of ether oxygens (including phenoxy) is 1. The Kier molecular flexibility index (Phi) is 6.21. The topological polar surface area (TPSA) is 77.3 Å². The second-order valence-electron chi connectivity index (χ2n) is 8.51. The fraction of sp³-hybridized carbons (Fsp3) is 0.280. The molecule has 0 bridgehead atoms. The van der Waals surface area contributed by atoms with Crippen LogP contribution in [-0.4, -0.2) is 47.5 Å². The molecular weight excluding hydrogens is 493 g/mol. The Hall–Kier alpha value is -3.44. The van der Waals surface area contributed by atoms with Crippen molar-refractivity contribution in [3.05, 3.63) is 72.4 Å². The predicted octanol–water partition coefficient (Wildman–Crippen LogP) is 5.15. The number of halogens is 3. The minimum Gasteiger partial charge on any atom is -0.496 e. The lowest BCUT2D eigenvalue weighted by atomic mass is 10.1. The van der Waals surface area contributed by atoms with E-state index in [1.54, 1.807) is 6.20 Å². The molecule has 1 aliphatic rings. The summed E-state index contributed by atoms with van der Waals surface area (Å²) in [7, 11) is -3.02. The average molecular weight is 517 g/mol. The molecule has 0 radical (unpaired) electrons. The van der Waals surface area contributed by atoms with Crippen LogP contribution in [0.25, 0.3) is 22.6 Å². The molecule has 0 N–H and O–H groups in total. The van der Waals surface area contributed by atoms with Gasteiger partial charge in [0, 0.05) is 30.9 Å². The van der Waals surface area contributed by atoms with E-state index >= 15 is 0 Å². The van der Waals surface area contributed by atoms with E-state index in [0.717, 1.165) is 36.1 Å². The first-order chi connectivity index (χ1) is 17.2. The molecule has 0 unspecified atom stereocenters. The molecule has 0 atom stereocenters. The Labute approximate surface area is 206 Å². The van der Waals surface area contributed by atoms with Gasteiger partial charge in [-0.3, -0.25) is 0 Å². The van der Waals surface area contributed by atoms with Gasteiger partial charge in [-0.1, -0.05) is 30.3 Å². The second-order valence-corrected chi connectivity index (χ2v) is 10.5. The number of alkyl halides is 3. The van der Waals surface area contributed by atoms with Gasteiger partial charge < -0.3 is 9.30 Å². The Balaban J connectivity index is 1.44. The van der Waals surface area contributed by atoms with E-state index in [4.69, 9.17) is 9.72 Å². The third-order valence-electron chi connectivity index (χ3n) is 6.38. The number of sulfonamides is 1. The first-order valence-electron chi connectivity index (χ1n) is 11.3. The Morgan fingerprint density at radius 1 is 1.00 bits per heavy atom. The minimum atomic E-state index is -4.74. The van der Waals surface area contributed by atoms with Crippen LogP contribution in [0.15, 0.2) is 71.8 Å². The van der Waals surface area contributed by atoms with Crippen LogP contribution >= 0.6 is 0 Å². The van der Waals surface area contributed by atoms with Crippen LogP contribution in [0.5, 0.6) is 5.75 Å². The van der Waals surface area contributed by atoms with Crippen molar-refractivity contribution < 1.29 is 26.3 Å². The van der Waals surface area contributed by atoms with E-state index in [2.05, 4.69) is 4.98 Å². The van der Waals surface area contributed by atoms with E-state index in [9.17, 15) is 21.6 Å². The van der Waals surface area contributed by atoms with Gasteiger partial charge >= 0.3 is 6.18 Å². The van der Waals surface area contributed by atoms with Gasteiger partial charge in [0.05, 0.1) is 17.6 Å². The van der Waals surface area contributed by atoms with Gasteiger partial charge in [-0.2, -0.15) is 17.5 Å². The zero-order chi connectivity index (χ0) is 25.5. The molecule has 0 amide bonds. The highest BCUT2D eigenvalue weighted by Gasteiger charge is 2.37. The van der Waals surface area contributed by atoms with Crippen LogP contribution < -0.4 is 4.74 Å². The second kappa shape index (κ2) is 9.21. The fourth-order valence-electron chi connectivity index (χ4n) is 4.63. The fourth-order valence-corrected chi connectivity index (χ4v) is 6.12. The number of methoxy groups -OCH3 is 1. The highest BCUT2D eigenvalue weighted by molar-refractivity contribution is 7.89. The summed E-state index contributed by atoms with van der Waals surface area (Å²) in [5.41, 5.74) is 1.25. The van der Waals surface area contributed by atoms with Crippen LogP contribution in [0.2, 0.25) is 0 Å². The summed E-state index contributed by atoms with van der Waals surface area (Å²) in [4.78, 5) is 8.88. The van der Waals surface area contributed by atoms with E-state index in [1.165, 1.54) is 4.31 Å². The van der Waals surface area contributed by atoms with Crippen molar-refractivity contribution in [2.75, 3.05) is 20.2 Å². The number of rotatable bonds is 5. The highest BCUT2D eigenvalue weighted by Crippen LogP contribution is 2.39. The SMILES string of the molecule is COc1ccc(S(=O)(=O)N2CCC(n3c(-c4ccccc4)nc4cccnc43)CC2)cc1C(F)(F)F. The molecule has 2 aromatic carbocycles. The van der Waals surface area contributed by atoms with Gasteiger partial charge in [0.2, 0.25) is 10.0 Å². The zero-order valence-electron chi connectivity index (χ0n) is 19.3. The lowest BCUT2D eigenvalue weighted by Gasteiger charge is -2.32. The normalized spacial score (nSPS) is 15.9. The molecule has 0 saturated carbocycles. The summed E-state index contributed by atoms with van der Waals surface area (Å²) in [5.74, 6) is 0.323. The molecule has 11 heteroatoms. The molecule has 0 spiro atoms. The molecule has 36 heavy (non-hydrogen) atoms. The number of aromatic nitrogens is 3. The maximum atomic E-state index is 13.5. The van der Waals surface area contributed by atoms with Crippen molar-refractivity contribution in [3.8, 4) is 17.1 Å². The van der Waals surface area contributed by atoms with Gasteiger partial charge in [0.25, 0.3) is 0 Å². The monoisotopic (exact) mass is 516 g/mol. The zero-order valence-corrected chi connectivity index (χ0v) is 20.1. The lowest BCUT2D eigenvalue weighted by Crippen LogP contribution is -2.39. The van der Waals surface area contributed by atoms with Crippen molar-refractivity contribution in [3.63, 3.8) is 0 Å². The van der Waals surface area contributed by atoms with Crippen LogP contribution in [0.4, 0.5) is 13.2 Å². The molecule has 4 aromatic rings. The van der Waals surface area contributed by atoms with E-state index < -0.39 is 32.4 Å². The predicted molar refractivity (Wildman–Crippen MR) is 128 cm³/mol. The molecule has 7 nitrogen and oxygen atoms in total. The van der Waals surface area contributed by atoms with Crippen molar-refractivity contribution in [2.24, 2.45) is 0 Å². The summed E-state index contributed by atoms with van der Waals surface area (Å²) in [6.07, 6.45) is -2.13. The maximum absolute atomic E-state index is 13.5. The van der Waals surface area contributed by atoms with E-state index in [0.29, 0.717) is 24.6 Å². The summed E-state index contributed by atoms with van der Waals surface area (Å²) < 4.78 is 74.9. The number of imidazole rings is 1.